The average Bonchev–Trinajstić information content (AvgIpc) is 2.70. The number of nitrogens with zero attached hydrogens (tertiary/aromatic N) is 2. The van der Waals surface area contributed by atoms with E-state index in [1.54, 1.807) is 0 Å². The van der Waals surface area contributed by atoms with Crippen LogP contribution in [0.15, 0.2) is 48.5 Å². The molecule has 1 saturated heterocycles. The average molecular weight is 398 g/mol. The summed E-state index contributed by atoms with van der Waals surface area (Å²) >= 11 is 5.77. The van der Waals surface area contributed by atoms with Gasteiger partial charge in [-0.3, -0.25) is 4.90 Å². The van der Waals surface area contributed by atoms with Crippen molar-refractivity contribution in [3.63, 3.8) is 0 Å². The lowest BCUT2D eigenvalue weighted by atomic mass is 10.1. The second-order valence-corrected chi connectivity index (χ2v) is 7.90. The molecule has 0 saturated carbocycles. The summed E-state index contributed by atoms with van der Waals surface area (Å²) in [5.74, 6) is 0. The summed E-state index contributed by atoms with van der Waals surface area (Å²) in [5, 5.41) is 4.20. The van der Waals surface area contributed by atoms with Crippen LogP contribution in [0.4, 0.5) is 5.69 Å². The molecule has 0 unspecified atom stereocenters. The Balaban J connectivity index is 1.62. The summed E-state index contributed by atoms with van der Waals surface area (Å²) in [5.41, 5.74) is 4.86. The molecular formula is C23H31N3OS. The Labute approximate surface area is 174 Å². The van der Waals surface area contributed by atoms with Gasteiger partial charge in [0.15, 0.2) is 5.11 Å². The number of anilines is 1. The number of hydrogen-bond donors (Lipinski definition) is 1. The monoisotopic (exact) mass is 397 g/mol. The van der Waals surface area contributed by atoms with Crippen molar-refractivity contribution in [1.29, 1.82) is 0 Å². The van der Waals surface area contributed by atoms with Gasteiger partial charge in [0.2, 0.25) is 0 Å². The minimum atomic E-state index is 0.785. The van der Waals surface area contributed by atoms with Crippen LogP contribution >= 0.6 is 12.2 Å². The van der Waals surface area contributed by atoms with Crippen LogP contribution in [0, 0.1) is 13.8 Å². The van der Waals surface area contributed by atoms with Crippen molar-refractivity contribution in [3.8, 4) is 0 Å². The molecule has 4 nitrogen and oxygen atoms in total. The van der Waals surface area contributed by atoms with Crippen LogP contribution in [-0.4, -0.2) is 54.3 Å². The maximum atomic E-state index is 5.77. The number of ether oxygens (including phenoxy) is 1. The molecule has 0 radical (unpaired) electrons. The standard InChI is InChI=1S/C23H31N3OS/c1-19-7-9-22(10-8-19)24-23(28)26(18-21-6-3-5-20(2)17-21)12-4-11-25-13-15-27-16-14-25/h3,5-10,17H,4,11-16,18H2,1-2H3,(H,24,28). The number of thiocarbonyl (C=S) groups is 1. The maximum absolute atomic E-state index is 5.77. The van der Waals surface area contributed by atoms with E-state index in [9.17, 15) is 0 Å². The third-order valence-electron chi connectivity index (χ3n) is 5.05. The fourth-order valence-corrected chi connectivity index (χ4v) is 3.71. The van der Waals surface area contributed by atoms with E-state index in [-0.39, 0.29) is 0 Å². The van der Waals surface area contributed by atoms with E-state index in [0.717, 1.165) is 63.2 Å². The Kier molecular flexibility index (Phi) is 7.83. The van der Waals surface area contributed by atoms with Gasteiger partial charge in [0, 0.05) is 38.4 Å². The van der Waals surface area contributed by atoms with E-state index in [1.807, 2.05) is 0 Å². The molecule has 1 aliphatic heterocycles. The fourth-order valence-electron chi connectivity index (χ4n) is 3.43. The zero-order valence-corrected chi connectivity index (χ0v) is 17.8. The number of aryl methyl sites for hydroxylation is 2. The zero-order chi connectivity index (χ0) is 19.8. The summed E-state index contributed by atoms with van der Waals surface area (Å²) in [6, 6.07) is 17.0. The summed E-state index contributed by atoms with van der Waals surface area (Å²) in [6.07, 6.45) is 1.08. The fraction of sp³-hybridized carbons (Fsp3) is 0.435. The van der Waals surface area contributed by atoms with Gasteiger partial charge in [-0.2, -0.15) is 0 Å². The second-order valence-electron chi connectivity index (χ2n) is 7.51. The first-order valence-electron chi connectivity index (χ1n) is 10.1. The minimum absolute atomic E-state index is 0.785. The van der Waals surface area contributed by atoms with Crippen molar-refractivity contribution in [1.82, 2.24) is 9.80 Å². The second kappa shape index (κ2) is 10.6. The number of nitrogens with one attached hydrogen (secondary N) is 1. The van der Waals surface area contributed by atoms with Gasteiger partial charge in [-0.25, -0.2) is 0 Å². The molecule has 0 aliphatic carbocycles. The topological polar surface area (TPSA) is 27.7 Å². The molecular weight excluding hydrogens is 366 g/mol. The predicted octanol–water partition coefficient (Wildman–Crippen LogP) is 4.22. The first-order valence-corrected chi connectivity index (χ1v) is 10.5. The molecule has 1 aliphatic rings. The molecule has 1 fully saturated rings. The minimum Gasteiger partial charge on any atom is -0.379 e. The van der Waals surface area contributed by atoms with E-state index < -0.39 is 0 Å². The number of benzene rings is 2. The molecule has 0 aromatic heterocycles. The van der Waals surface area contributed by atoms with Crippen LogP contribution in [0.2, 0.25) is 0 Å². The first kappa shape index (κ1) is 20.8. The highest BCUT2D eigenvalue weighted by atomic mass is 32.1. The zero-order valence-electron chi connectivity index (χ0n) is 17.0. The van der Waals surface area contributed by atoms with E-state index in [2.05, 4.69) is 77.5 Å². The molecule has 0 amide bonds. The normalized spacial score (nSPS) is 14.6. The van der Waals surface area contributed by atoms with E-state index in [1.165, 1.54) is 16.7 Å². The molecule has 150 valence electrons. The van der Waals surface area contributed by atoms with Crippen LogP contribution in [-0.2, 0) is 11.3 Å². The Morgan fingerprint density at radius 3 is 2.54 bits per heavy atom. The van der Waals surface area contributed by atoms with Gasteiger partial charge in [-0.05, 0) is 50.2 Å². The number of hydrogen-bond acceptors (Lipinski definition) is 3. The molecule has 2 aromatic rings. The molecule has 0 bridgehead atoms. The van der Waals surface area contributed by atoms with Crippen LogP contribution in [0.25, 0.3) is 0 Å². The Morgan fingerprint density at radius 1 is 1.07 bits per heavy atom. The largest absolute Gasteiger partial charge is 0.379 e. The van der Waals surface area contributed by atoms with Crippen molar-refractivity contribution in [2.24, 2.45) is 0 Å². The van der Waals surface area contributed by atoms with Crippen LogP contribution in [0.3, 0.4) is 0 Å². The molecule has 0 atom stereocenters. The Bertz CT molecular complexity index is 757. The quantitative estimate of drug-likeness (QED) is 0.706. The van der Waals surface area contributed by atoms with Gasteiger partial charge >= 0.3 is 0 Å². The summed E-state index contributed by atoms with van der Waals surface area (Å²) < 4.78 is 5.45. The Morgan fingerprint density at radius 2 is 1.82 bits per heavy atom. The Hall–Kier alpha value is -1.95. The molecule has 28 heavy (non-hydrogen) atoms. The highest BCUT2D eigenvalue weighted by Gasteiger charge is 2.14. The first-order chi connectivity index (χ1) is 13.6. The molecule has 1 N–H and O–H groups in total. The molecule has 3 rings (SSSR count). The van der Waals surface area contributed by atoms with Crippen molar-refractivity contribution < 1.29 is 4.74 Å². The lowest BCUT2D eigenvalue weighted by molar-refractivity contribution is 0.0368. The highest BCUT2D eigenvalue weighted by Crippen LogP contribution is 2.13. The predicted molar refractivity (Wildman–Crippen MR) is 121 cm³/mol. The lowest BCUT2D eigenvalue weighted by Gasteiger charge is -2.29. The molecule has 0 spiro atoms. The van der Waals surface area contributed by atoms with Crippen molar-refractivity contribution in [2.45, 2.75) is 26.8 Å². The summed E-state index contributed by atoms with van der Waals surface area (Å²) in [7, 11) is 0. The van der Waals surface area contributed by atoms with Crippen LogP contribution < -0.4 is 5.32 Å². The van der Waals surface area contributed by atoms with Crippen molar-refractivity contribution in [3.05, 3.63) is 65.2 Å². The number of rotatable bonds is 7. The SMILES string of the molecule is Cc1ccc(NC(=S)N(CCCN2CCOCC2)Cc2cccc(C)c2)cc1. The van der Waals surface area contributed by atoms with E-state index in [0.29, 0.717) is 0 Å². The van der Waals surface area contributed by atoms with Gasteiger partial charge in [-0.1, -0.05) is 47.5 Å². The van der Waals surface area contributed by atoms with Gasteiger partial charge in [0.1, 0.15) is 0 Å². The molecule has 2 aromatic carbocycles. The van der Waals surface area contributed by atoms with Crippen molar-refractivity contribution in [2.75, 3.05) is 44.7 Å². The third-order valence-corrected chi connectivity index (χ3v) is 5.41. The maximum Gasteiger partial charge on any atom is 0.173 e. The summed E-state index contributed by atoms with van der Waals surface area (Å²) in [6.45, 7) is 10.8. The van der Waals surface area contributed by atoms with Crippen LogP contribution in [0.1, 0.15) is 23.1 Å². The van der Waals surface area contributed by atoms with Gasteiger partial charge in [-0.15, -0.1) is 0 Å². The smallest absolute Gasteiger partial charge is 0.173 e. The van der Waals surface area contributed by atoms with Crippen LogP contribution in [0.5, 0.6) is 0 Å². The lowest BCUT2D eigenvalue weighted by Crippen LogP contribution is -2.40. The van der Waals surface area contributed by atoms with Gasteiger partial charge in [0.25, 0.3) is 0 Å². The molecule has 1 heterocycles. The van der Waals surface area contributed by atoms with Crippen molar-refractivity contribution >= 4 is 23.0 Å². The van der Waals surface area contributed by atoms with Gasteiger partial charge in [0.05, 0.1) is 13.2 Å². The number of morpholine rings is 1. The summed E-state index contributed by atoms with van der Waals surface area (Å²) in [4.78, 5) is 4.76. The van der Waals surface area contributed by atoms with Gasteiger partial charge < -0.3 is 15.0 Å². The van der Waals surface area contributed by atoms with E-state index in [4.69, 9.17) is 17.0 Å². The van der Waals surface area contributed by atoms with E-state index >= 15 is 0 Å². The third kappa shape index (κ3) is 6.59. The highest BCUT2D eigenvalue weighted by molar-refractivity contribution is 7.80. The molecule has 5 heteroatoms.